The molecule has 0 aliphatic carbocycles. The number of nitrogens with zero attached hydrogens (tertiary/aromatic N) is 2. The molecule has 8 nitrogen and oxygen atoms in total. The minimum absolute atomic E-state index is 0.118. The largest absolute Gasteiger partial charge is 0.490 e. The molecule has 0 spiro atoms. The van der Waals surface area contributed by atoms with Crippen LogP contribution in [-0.4, -0.2) is 42.6 Å². The molecule has 168 valence electrons. The molecule has 0 saturated carbocycles. The number of ether oxygens (including phenoxy) is 3. The van der Waals surface area contributed by atoms with Crippen molar-refractivity contribution < 1.29 is 23.9 Å². The van der Waals surface area contributed by atoms with Crippen LogP contribution in [-0.2, 0) is 6.54 Å². The third-order valence-corrected chi connectivity index (χ3v) is 4.55. The first-order valence-electron chi connectivity index (χ1n) is 10.4. The van der Waals surface area contributed by atoms with Crippen LogP contribution >= 0.6 is 0 Å². The zero-order valence-electron chi connectivity index (χ0n) is 18.6. The van der Waals surface area contributed by atoms with Gasteiger partial charge in [0.25, 0.3) is 5.91 Å². The Morgan fingerprint density at radius 1 is 1.00 bits per heavy atom. The highest BCUT2D eigenvalue weighted by Crippen LogP contribution is 2.30. The van der Waals surface area contributed by atoms with Crippen LogP contribution in [0.5, 0.6) is 17.2 Å². The lowest BCUT2D eigenvalue weighted by Gasteiger charge is -2.23. The van der Waals surface area contributed by atoms with Crippen LogP contribution in [0, 0.1) is 10.1 Å². The van der Waals surface area contributed by atoms with Gasteiger partial charge in [-0.2, -0.15) is 0 Å². The van der Waals surface area contributed by atoms with Gasteiger partial charge in [0.15, 0.2) is 17.2 Å². The number of nitro benzene ring substituents is 1. The van der Waals surface area contributed by atoms with E-state index in [1.165, 1.54) is 19.2 Å². The van der Waals surface area contributed by atoms with E-state index in [-0.39, 0.29) is 22.9 Å². The summed E-state index contributed by atoms with van der Waals surface area (Å²) in [7, 11) is 1.36. The van der Waals surface area contributed by atoms with Gasteiger partial charge in [0.05, 0.1) is 25.2 Å². The molecule has 8 heteroatoms. The second-order valence-electron chi connectivity index (χ2n) is 6.93. The van der Waals surface area contributed by atoms with Gasteiger partial charge in [-0.25, -0.2) is 0 Å². The van der Waals surface area contributed by atoms with E-state index in [9.17, 15) is 14.9 Å². The van der Waals surface area contributed by atoms with Crippen molar-refractivity contribution in [2.75, 3.05) is 26.9 Å². The van der Waals surface area contributed by atoms with Crippen molar-refractivity contribution in [3.63, 3.8) is 0 Å². The molecular weight excluding hydrogens is 400 g/mol. The van der Waals surface area contributed by atoms with Crippen molar-refractivity contribution in [3.05, 3.63) is 57.6 Å². The van der Waals surface area contributed by atoms with Gasteiger partial charge >= 0.3 is 5.69 Å². The zero-order chi connectivity index (χ0) is 22.8. The number of methoxy groups -OCH3 is 1. The van der Waals surface area contributed by atoms with E-state index in [2.05, 4.69) is 0 Å². The fourth-order valence-corrected chi connectivity index (χ4v) is 3.14. The third-order valence-electron chi connectivity index (χ3n) is 4.55. The number of carbonyl (C=O) groups is 1. The van der Waals surface area contributed by atoms with Crippen molar-refractivity contribution in [1.82, 2.24) is 4.90 Å². The van der Waals surface area contributed by atoms with E-state index in [0.29, 0.717) is 37.8 Å². The summed E-state index contributed by atoms with van der Waals surface area (Å²) in [6.07, 6.45) is 1.64. The van der Waals surface area contributed by atoms with Crippen molar-refractivity contribution in [1.29, 1.82) is 0 Å². The minimum Gasteiger partial charge on any atom is -0.490 e. The van der Waals surface area contributed by atoms with Crippen LogP contribution < -0.4 is 14.2 Å². The van der Waals surface area contributed by atoms with Crippen molar-refractivity contribution in [2.24, 2.45) is 0 Å². The van der Waals surface area contributed by atoms with Gasteiger partial charge in [0, 0.05) is 24.7 Å². The molecule has 0 saturated heterocycles. The Labute approximate surface area is 182 Å². The Balaban J connectivity index is 2.30. The molecule has 0 aliphatic heterocycles. The SMILES string of the molecule is CCCOc1ccc(CN(CCC)C(=O)c2ccc(OC)c([N+](=O)[O-])c2)cc1OCC. The molecular formula is C23H30N2O6. The third kappa shape index (κ3) is 6.34. The number of benzene rings is 2. The predicted molar refractivity (Wildman–Crippen MR) is 118 cm³/mol. The quantitative estimate of drug-likeness (QED) is 0.353. The number of amides is 1. The smallest absolute Gasteiger partial charge is 0.311 e. The highest BCUT2D eigenvalue weighted by atomic mass is 16.6. The maximum Gasteiger partial charge on any atom is 0.311 e. The van der Waals surface area contributed by atoms with Gasteiger partial charge in [0.1, 0.15) is 0 Å². The lowest BCUT2D eigenvalue weighted by atomic mass is 10.1. The van der Waals surface area contributed by atoms with E-state index in [4.69, 9.17) is 14.2 Å². The molecule has 0 radical (unpaired) electrons. The molecule has 2 aromatic carbocycles. The molecule has 0 bridgehead atoms. The van der Waals surface area contributed by atoms with E-state index in [1.807, 2.05) is 39.0 Å². The van der Waals surface area contributed by atoms with E-state index in [0.717, 1.165) is 18.4 Å². The average molecular weight is 431 g/mol. The monoisotopic (exact) mass is 430 g/mol. The van der Waals surface area contributed by atoms with Crippen LogP contribution in [0.15, 0.2) is 36.4 Å². The predicted octanol–water partition coefficient (Wildman–Crippen LogP) is 4.84. The highest BCUT2D eigenvalue weighted by molar-refractivity contribution is 5.95. The van der Waals surface area contributed by atoms with Gasteiger partial charge in [-0.05, 0) is 49.6 Å². The molecule has 0 unspecified atom stereocenters. The summed E-state index contributed by atoms with van der Waals surface area (Å²) >= 11 is 0. The summed E-state index contributed by atoms with van der Waals surface area (Å²) in [5.41, 5.74) is 0.895. The average Bonchev–Trinajstić information content (AvgIpc) is 2.77. The second kappa shape index (κ2) is 11.8. The summed E-state index contributed by atoms with van der Waals surface area (Å²) in [4.78, 5) is 25.6. The van der Waals surface area contributed by atoms with Crippen molar-refractivity contribution in [2.45, 2.75) is 40.2 Å². The minimum atomic E-state index is -0.552. The van der Waals surface area contributed by atoms with Gasteiger partial charge < -0.3 is 19.1 Å². The van der Waals surface area contributed by atoms with Gasteiger partial charge in [-0.1, -0.05) is 19.9 Å². The summed E-state index contributed by atoms with van der Waals surface area (Å²) in [5.74, 6) is 1.15. The van der Waals surface area contributed by atoms with Gasteiger partial charge in [0.2, 0.25) is 0 Å². The summed E-state index contributed by atoms with van der Waals surface area (Å²) in [5, 5.41) is 11.3. The first-order valence-corrected chi connectivity index (χ1v) is 10.4. The lowest BCUT2D eigenvalue weighted by Crippen LogP contribution is -2.31. The first kappa shape index (κ1) is 24.0. The van der Waals surface area contributed by atoms with E-state index in [1.54, 1.807) is 11.0 Å². The molecule has 0 heterocycles. The van der Waals surface area contributed by atoms with Gasteiger partial charge in [-0.15, -0.1) is 0 Å². The first-order chi connectivity index (χ1) is 14.9. The maximum absolute atomic E-state index is 13.1. The van der Waals surface area contributed by atoms with Gasteiger partial charge in [-0.3, -0.25) is 14.9 Å². The van der Waals surface area contributed by atoms with Crippen LogP contribution in [0.25, 0.3) is 0 Å². The number of hydrogen-bond acceptors (Lipinski definition) is 6. The standard InChI is InChI=1S/C23H30N2O6/c1-5-12-24(23(26)18-9-11-20(29-4)19(15-18)25(27)28)16-17-8-10-21(31-13-6-2)22(14-17)30-7-3/h8-11,14-15H,5-7,12-13,16H2,1-4H3. The molecule has 1 amide bonds. The van der Waals surface area contributed by atoms with Crippen LogP contribution in [0.2, 0.25) is 0 Å². The zero-order valence-corrected chi connectivity index (χ0v) is 18.6. The Morgan fingerprint density at radius 3 is 2.35 bits per heavy atom. The topological polar surface area (TPSA) is 91.1 Å². The van der Waals surface area contributed by atoms with E-state index < -0.39 is 4.92 Å². The molecule has 0 fully saturated rings. The Hall–Kier alpha value is -3.29. The normalized spacial score (nSPS) is 10.5. The molecule has 2 rings (SSSR count). The summed E-state index contributed by atoms with van der Waals surface area (Å²) < 4.78 is 16.5. The molecule has 0 aliphatic rings. The molecule has 0 atom stereocenters. The Morgan fingerprint density at radius 2 is 1.74 bits per heavy atom. The van der Waals surface area contributed by atoms with Crippen molar-refractivity contribution in [3.8, 4) is 17.2 Å². The van der Waals surface area contributed by atoms with Crippen LogP contribution in [0.1, 0.15) is 49.5 Å². The molecule has 2 aromatic rings. The summed E-state index contributed by atoms with van der Waals surface area (Å²) in [6.45, 7) is 7.86. The molecule has 0 N–H and O–H groups in total. The number of nitro groups is 1. The maximum atomic E-state index is 13.1. The molecule has 31 heavy (non-hydrogen) atoms. The van der Waals surface area contributed by atoms with E-state index >= 15 is 0 Å². The highest BCUT2D eigenvalue weighted by Gasteiger charge is 2.22. The van der Waals surface area contributed by atoms with Crippen molar-refractivity contribution >= 4 is 11.6 Å². The Kier molecular flexibility index (Phi) is 9.12. The van der Waals surface area contributed by atoms with Crippen LogP contribution in [0.4, 0.5) is 5.69 Å². The number of hydrogen-bond donors (Lipinski definition) is 0. The molecule has 0 aromatic heterocycles. The fraction of sp³-hybridized carbons (Fsp3) is 0.435. The fourth-order valence-electron chi connectivity index (χ4n) is 3.14. The van der Waals surface area contributed by atoms with Crippen LogP contribution in [0.3, 0.4) is 0 Å². The Bertz CT molecular complexity index is 900. The number of carbonyl (C=O) groups excluding carboxylic acids is 1. The second-order valence-corrected chi connectivity index (χ2v) is 6.93. The number of rotatable bonds is 12. The lowest BCUT2D eigenvalue weighted by molar-refractivity contribution is -0.385. The summed E-state index contributed by atoms with van der Waals surface area (Å²) in [6, 6.07) is 9.88.